The molecule has 3 rings (SSSR count). The Bertz CT molecular complexity index is 578. The summed E-state index contributed by atoms with van der Waals surface area (Å²) in [6.45, 7) is 4.94. The van der Waals surface area contributed by atoms with Crippen LogP contribution in [-0.2, 0) is 16.0 Å². The number of benzene rings is 1. The Kier molecular flexibility index (Phi) is 6.39. The lowest BCUT2D eigenvalue weighted by molar-refractivity contribution is -0.136. The molecule has 25 heavy (non-hydrogen) atoms. The van der Waals surface area contributed by atoms with E-state index in [9.17, 15) is 14.3 Å². The highest BCUT2D eigenvalue weighted by Crippen LogP contribution is 2.24. The van der Waals surface area contributed by atoms with E-state index in [0.29, 0.717) is 37.9 Å². The van der Waals surface area contributed by atoms with Crippen molar-refractivity contribution in [3.05, 3.63) is 35.6 Å². The molecule has 138 valence electrons. The zero-order valence-corrected chi connectivity index (χ0v) is 14.6. The first kappa shape index (κ1) is 18.3. The lowest BCUT2D eigenvalue weighted by Gasteiger charge is -2.36. The summed E-state index contributed by atoms with van der Waals surface area (Å²) in [4.78, 5) is 16.4. The number of rotatable bonds is 5. The van der Waals surface area contributed by atoms with Crippen LogP contribution < -0.4 is 0 Å². The van der Waals surface area contributed by atoms with E-state index in [4.69, 9.17) is 4.74 Å². The molecule has 0 saturated carbocycles. The molecular weight excluding hydrogens is 323 g/mol. The van der Waals surface area contributed by atoms with E-state index in [2.05, 4.69) is 4.90 Å². The predicted octanol–water partition coefficient (Wildman–Crippen LogP) is 1.30. The number of carbonyl (C=O) groups is 1. The van der Waals surface area contributed by atoms with Crippen LogP contribution in [0.4, 0.5) is 4.39 Å². The summed E-state index contributed by atoms with van der Waals surface area (Å²) in [7, 11) is 0. The van der Waals surface area contributed by atoms with Gasteiger partial charge >= 0.3 is 0 Å². The highest BCUT2D eigenvalue weighted by Gasteiger charge is 2.30. The maximum absolute atomic E-state index is 13.8. The number of aliphatic hydroxyl groups is 1. The predicted molar refractivity (Wildman–Crippen MR) is 92.7 cm³/mol. The number of carbonyl (C=O) groups excluding carboxylic acids is 1. The van der Waals surface area contributed by atoms with E-state index in [1.54, 1.807) is 17.0 Å². The number of piperidine rings is 1. The first-order chi connectivity index (χ1) is 12.1. The number of hydrogen-bond acceptors (Lipinski definition) is 4. The van der Waals surface area contributed by atoms with Gasteiger partial charge in [-0.15, -0.1) is 0 Å². The quantitative estimate of drug-likeness (QED) is 0.870. The van der Waals surface area contributed by atoms with Crippen molar-refractivity contribution >= 4 is 5.91 Å². The smallest absolute Gasteiger partial charge is 0.223 e. The molecule has 1 aromatic rings. The summed E-state index contributed by atoms with van der Waals surface area (Å²) in [5, 5.41) is 10.4. The van der Waals surface area contributed by atoms with E-state index < -0.39 is 6.10 Å². The lowest BCUT2D eigenvalue weighted by Crippen LogP contribution is -2.48. The summed E-state index contributed by atoms with van der Waals surface area (Å²) in [5.41, 5.74) is 0.638. The molecule has 0 aliphatic carbocycles. The van der Waals surface area contributed by atoms with Gasteiger partial charge in [-0.25, -0.2) is 4.39 Å². The molecule has 2 fully saturated rings. The number of aliphatic hydroxyl groups excluding tert-OH is 1. The van der Waals surface area contributed by atoms with Crippen LogP contribution in [0.3, 0.4) is 0 Å². The molecule has 0 unspecified atom stereocenters. The number of ether oxygens (including phenoxy) is 1. The molecule has 1 amide bonds. The molecule has 2 atom stereocenters. The Labute approximate surface area is 148 Å². The van der Waals surface area contributed by atoms with Gasteiger partial charge in [0.05, 0.1) is 19.3 Å². The maximum atomic E-state index is 13.8. The average molecular weight is 350 g/mol. The summed E-state index contributed by atoms with van der Waals surface area (Å²) in [6.07, 6.45) is 1.10. The van der Waals surface area contributed by atoms with Crippen LogP contribution in [0, 0.1) is 11.7 Å². The molecule has 2 aliphatic rings. The maximum Gasteiger partial charge on any atom is 0.223 e. The van der Waals surface area contributed by atoms with Gasteiger partial charge in [-0.1, -0.05) is 18.2 Å². The SMILES string of the molecule is O=C(CCN1CCOCC1)N1CC[C@H](Cc2ccccc2F)[C@@H](O)C1. The van der Waals surface area contributed by atoms with Gasteiger partial charge in [0.2, 0.25) is 5.91 Å². The molecule has 0 radical (unpaired) electrons. The lowest BCUT2D eigenvalue weighted by atomic mass is 9.87. The van der Waals surface area contributed by atoms with E-state index >= 15 is 0 Å². The molecular formula is C19H27FN2O3. The Morgan fingerprint density at radius 2 is 2.00 bits per heavy atom. The van der Waals surface area contributed by atoms with Crippen molar-refractivity contribution in [3.63, 3.8) is 0 Å². The first-order valence-electron chi connectivity index (χ1n) is 9.13. The topological polar surface area (TPSA) is 53.0 Å². The number of nitrogens with zero attached hydrogens (tertiary/aromatic N) is 2. The van der Waals surface area contributed by atoms with Crippen LogP contribution in [0.25, 0.3) is 0 Å². The zero-order valence-electron chi connectivity index (χ0n) is 14.6. The molecule has 2 saturated heterocycles. The molecule has 0 aromatic heterocycles. The summed E-state index contributed by atoms with van der Waals surface area (Å²) in [6, 6.07) is 6.70. The molecule has 5 nitrogen and oxygen atoms in total. The van der Waals surface area contributed by atoms with Crippen molar-refractivity contribution < 1.29 is 19.0 Å². The monoisotopic (exact) mass is 350 g/mol. The van der Waals surface area contributed by atoms with Crippen LogP contribution in [0.2, 0.25) is 0 Å². The van der Waals surface area contributed by atoms with E-state index in [1.165, 1.54) is 6.07 Å². The highest BCUT2D eigenvalue weighted by molar-refractivity contribution is 5.76. The Morgan fingerprint density at radius 3 is 2.72 bits per heavy atom. The van der Waals surface area contributed by atoms with Crippen molar-refractivity contribution in [1.82, 2.24) is 9.80 Å². The first-order valence-corrected chi connectivity index (χ1v) is 9.13. The molecule has 2 heterocycles. The molecule has 0 spiro atoms. The van der Waals surface area contributed by atoms with Crippen molar-refractivity contribution in [2.24, 2.45) is 5.92 Å². The van der Waals surface area contributed by atoms with E-state index in [1.807, 2.05) is 6.07 Å². The summed E-state index contributed by atoms with van der Waals surface area (Å²) < 4.78 is 19.1. The average Bonchev–Trinajstić information content (AvgIpc) is 2.64. The standard InChI is InChI=1S/C19H27FN2O3/c20-17-4-2-1-3-15(17)13-16-5-8-22(14-18(16)23)19(24)6-7-21-9-11-25-12-10-21/h1-4,16,18,23H,5-14H2/t16-,18+/m1/s1. The van der Waals surface area contributed by atoms with Gasteiger partial charge < -0.3 is 14.7 Å². The van der Waals surface area contributed by atoms with Gasteiger partial charge in [0.1, 0.15) is 5.82 Å². The number of likely N-dealkylation sites (tertiary alicyclic amines) is 1. The number of morpholine rings is 1. The van der Waals surface area contributed by atoms with Gasteiger partial charge in [0.15, 0.2) is 0 Å². The third-order valence-corrected chi connectivity index (χ3v) is 5.26. The van der Waals surface area contributed by atoms with Crippen molar-refractivity contribution in [2.45, 2.75) is 25.4 Å². The number of amides is 1. The summed E-state index contributed by atoms with van der Waals surface area (Å²) in [5.74, 6) is -0.131. The highest BCUT2D eigenvalue weighted by atomic mass is 19.1. The minimum atomic E-state index is -0.597. The molecule has 1 aromatic carbocycles. The van der Waals surface area contributed by atoms with Gasteiger partial charge in [0, 0.05) is 39.1 Å². The molecule has 0 bridgehead atoms. The minimum Gasteiger partial charge on any atom is -0.391 e. The van der Waals surface area contributed by atoms with Crippen molar-refractivity contribution in [2.75, 3.05) is 45.9 Å². The van der Waals surface area contributed by atoms with E-state index in [-0.39, 0.29) is 17.6 Å². The fourth-order valence-electron chi connectivity index (χ4n) is 3.63. The van der Waals surface area contributed by atoms with Gasteiger partial charge in [0.25, 0.3) is 0 Å². The minimum absolute atomic E-state index is 0.000179. The van der Waals surface area contributed by atoms with Crippen LogP contribution in [0.15, 0.2) is 24.3 Å². The number of hydrogen-bond donors (Lipinski definition) is 1. The van der Waals surface area contributed by atoms with Gasteiger partial charge in [-0.05, 0) is 30.4 Å². The number of β-amino-alcohol motifs (C(OH)–C–C–N with tert-alkyl or cyclic N) is 1. The summed E-state index contributed by atoms with van der Waals surface area (Å²) >= 11 is 0. The van der Waals surface area contributed by atoms with Gasteiger partial charge in [-0.2, -0.15) is 0 Å². The van der Waals surface area contributed by atoms with Crippen molar-refractivity contribution in [3.8, 4) is 0 Å². The molecule has 1 N–H and O–H groups in total. The third kappa shape index (κ3) is 5.00. The van der Waals surface area contributed by atoms with Crippen LogP contribution in [-0.4, -0.2) is 72.9 Å². The van der Waals surface area contributed by atoms with E-state index in [0.717, 1.165) is 32.8 Å². The zero-order chi connectivity index (χ0) is 17.6. The number of halogens is 1. The Balaban J connectivity index is 1.46. The Hall–Kier alpha value is -1.50. The largest absolute Gasteiger partial charge is 0.391 e. The third-order valence-electron chi connectivity index (χ3n) is 5.26. The fourth-order valence-corrected chi connectivity index (χ4v) is 3.63. The second-order valence-electron chi connectivity index (χ2n) is 6.96. The fraction of sp³-hybridized carbons (Fsp3) is 0.632. The van der Waals surface area contributed by atoms with Crippen LogP contribution in [0.5, 0.6) is 0 Å². The normalized spacial score (nSPS) is 25.1. The van der Waals surface area contributed by atoms with Gasteiger partial charge in [-0.3, -0.25) is 9.69 Å². The second kappa shape index (κ2) is 8.74. The van der Waals surface area contributed by atoms with Crippen molar-refractivity contribution in [1.29, 1.82) is 0 Å². The molecule has 6 heteroatoms. The van der Waals surface area contributed by atoms with Crippen LogP contribution >= 0.6 is 0 Å². The Morgan fingerprint density at radius 1 is 1.24 bits per heavy atom. The molecule has 2 aliphatic heterocycles. The van der Waals surface area contributed by atoms with Crippen LogP contribution in [0.1, 0.15) is 18.4 Å². The second-order valence-corrected chi connectivity index (χ2v) is 6.96.